The van der Waals surface area contributed by atoms with Crippen LogP contribution in [0.4, 0.5) is 0 Å². The largest absolute Gasteiger partial charge is 0.435 e. The molecule has 0 saturated heterocycles. The van der Waals surface area contributed by atoms with Gasteiger partial charge in [0, 0.05) is 19.3 Å². The topological polar surface area (TPSA) is 78.9 Å². The minimum Gasteiger partial charge on any atom is -0.435 e. The van der Waals surface area contributed by atoms with Gasteiger partial charge in [-0.3, -0.25) is 14.4 Å². The van der Waals surface area contributed by atoms with Crippen LogP contribution in [0, 0.1) is 23.7 Å². The zero-order chi connectivity index (χ0) is 19.4. The van der Waals surface area contributed by atoms with Gasteiger partial charge in [0.25, 0.3) is 0 Å². The van der Waals surface area contributed by atoms with E-state index in [0.29, 0.717) is 0 Å². The Balaban J connectivity index is 5.12. The van der Waals surface area contributed by atoms with Gasteiger partial charge in [0.15, 0.2) is 0 Å². The molecule has 6 heteroatoms. The Morgan fingerprint density at radius 2 is 1.08 bits per heavy atom. The Hall–Kier alpha value is -2.37. The fourth-order valence-corrected chi connectivity index (χ4v) is 2.81. The second-order valence-corrected chi connectivity index (χ2v) is 6.06. The van der Waals surface area contributed by atoms with Gasteiger partial charge in [-0.15, -0.1) is 0 Å². The fourth-order valence-electron chi connectivity index (χ4n) is 2.81. The maximum atomic E-state index is 11.9. The van der Waals surface area contributed by atoms with Gasteiger partial charge in [-0.05, 0) is 23.7 Å². The number of ether oxygens (including phenoxy) is 3. The van der Waals surface area contributed by atoms with Gasteiger partial charge >= 0.3 is 17.9 Å². The average Bonchev–Trinajstić information content (AvgIpc) is 2.52. The Morgan fingerprint density at radius 1 is 0.720 bits per heavy atom. The number of esters is 3. The molecular weight excluding hydrogens is 324 g/mol. The molecule has 6 nitrogen and oxygen atoms in total. The van der Waals surface area contributed by atoms with Crippen molar-refractivity contribution in [1.82, 2.24) is 0 Å². The first-order chi connectivity index (χ1) is 11.8. The molecular formula is C19H28O6. The molecule has 25 heavy (non-hydrogen) atoms. The molecule has 0 aromatic rings. The summed E-state index contributed by atoms with van der Waals surface area (Å²) in [6, 6.07) is 0. The molecule has 0 spiro atoms. The minimum absolute atomic E-state index is 0.0405. The third kappa shape index (κ3) is 8.88. The Labute approximate surface area is 149 Å². The highest BCUT2D eigenvalue weighted by atomic mass is 16.5. The normalized spacial score (nSPS) is 15.0. The van der Waals surface area contributed by atoms with E-state index >= 15 is 0 Å². The molecule has 0 aromatic heterocycles. The fraction of sp³-hybridized carbons (Fsp3) is 0.526. The van der Waals surface area contributed by atoms with Gasteiger partial charge in [0.05, 0.1) is 18.8 Å². The van der Waals surface area contributed by atoms with Crippen LogP contribution in [-0.2, 0) is 28.6 Å². The average molecular weight is 352 g/mol. The van der Waals surface area contributed by atoms with Crippen LogP contribution in [0.3, 0.4) is 0 Å². The van der Waals surface area contributed by atoms with Crippen molar-refractivity contribution in [2.45, 2.75) is 40.0 Å². The van der Waals surface area contributed by atoms with Gasteiger partial charge in [-0.25, -0.2) is 0 Å². The van der Waals surface area contributed by atoms with Gasteiger partial charge in [0.1, 0.15) is 0 Å². The van der Waals surface area contributed by atoms with Crippen LogP contribution in [0.5, 0.6) is 0 Å². The summed E-state index contributed by atoms with van der Waals surface area (Å²) in [5.74, 6) is -1.69. The van der Waals surface area contributed by atoms with E-state index < -0.39 is 11.9 Å². The van der Waals surface area contributed by atoms with Gasteiger partial charge in [-0.1, -0.05) is 40.5 Å². The van der Waals surface area contributed by atoms with Gasteiger partial charge in [-0.2, -0.15) is 0 Å². The zero-order valence-corrected chi connectivity index (χ0v) is 15.2. The molecule has 0 saturated carbocycles. The van der Waals surface area contributed by atoms with Crippen LogP contribution in [0.25, 0.3) is 0 Å². The van der Waals surface area contributed by atoms with Crippen LogP contribution in [0.15, 0.2) is 38.5 Å². The highest BCUT2D eigenvalue weighted by molar-refractivity contribution is 5.72. The molecule has 4 atom stereocenters. The van der Waals surface area contributed by atoms with E-state index in [9.17, 15) is 14.4 Å². The van der Waals surface area contributed by atoms with Crippen LogP contribution in [0.2, 0.25) is 0 Å². The van der Waals surface area contributed by atoms with E-state index in [4.69, 9.17) is 14.2 Å². The maximum absolute atomic E-state index is 11.9. The molecule has 0 aliphatic heterocycles. The van der Waals surface area contributed by atoms with E-state index in [-0.39, 0.29) is 48.9 Å². The first-order valence-corrected chi connectivity index (χ1v) is 8.17. The van der Waals surface area contributed by atoms with Crippen molar-refractivity contribution in [3.8, 4) is 0 Å². The van der Waals surface area contributed by atoms with Crippen molar-refractivity contribution in [2.24, 2.45) is 23.7 Å². The highest BCUT2D eigenvalue weighted by Crippen LogP contribution is 2.34. The number of carbonyl (C=O) groups is 3. The Bertz CT molecular complexity index is 496. The molecule has 0 bridgehead atoms. The second kappa shape index (κ2) is 12.1. The van der Waals surface area contributed by atoms with Crippen molar-refractivity contribution in [3.63, 3.8) is 0 Å². The number of hydrogen-bond donors (Lipinski definition) is 0. The lowest BCUT2D eigenvalue weighted by molar-refractivity contribution is -0.144. The van der Waals surface area contributed by atoms with Crippen molar-refractivity contribution in [1.29, 1.82) is 0 Å². The lowest BCUT2D eigenvalue weighted by atomic mass is 9.73. The third-order valence-electron chi connectivity index (χ3n) is 4.33. The van der Waals surface area contributed by atoms with E-state index in [0.717, 1.165) is 18.8 Å². The number of hydrogen-bond acceptors (Lipinski definition) is 6. The van der Waals surface area contributed by atoms with E-state index in [1.54, 1.807) is 0 Å². The molecule has 4 unspecified atom stereocenters. The van der Waals surface area contributed by atoms with Gasteiger partial charge in [0.2, 0.25) is 0 Å². The van der Waals surface area contributed by atoms with Crippen molar-refractivity contribution >= 4 is 17.9 Å². The first kappa shape index (κ1) is 22.6. The summed E-state index contributed by atoms with van der Waals surface area (Å²) in [5, 5.41) is 0. The summed E-state index contributed by atoms with van der Waals surface area (Å²) < 4.78 is 14.3. The highest BCUT2D eigenvalue weighted by Gasteiger charge is 2.32. The summed E-state index contributed by atoms with van der Waals surface area (Å²) in [7, 11) is 0. The molecule has 140 valence electrons. The van der Waals surface area contributed by atoms with Gasteiger partial charge < -0.3 is 14.2 Å². The minimum atomic E-state index is -0.434. The summed E-state index contributed by atoms with van der Waals surface area (Å²) in [6.07, 6.45) is 3.67. The summed E-state index contributed by atoms with van der Waals surface area (Å²) in [6.45, 7) is 15.8. The molecule has 0 fully saturated rings. The van der Waals surface area contributed by atoms with Crippen LogP contribution in [0.1, 0.15) is 40.0 Å². The molecule has 0 rings (SSSR count). The van der Waals surface area contributed by atoms with E-state index in [1.165, 1.54) is 0 Å². The van der Waals surface area contributed by atoms with Crippen LogP contribution >= 0.6 is 0 Å². The van der Waals surface area contributed by atoms with E-state index in [1.807, 2.05) is 20.8 Å². The van der Waals surface area contributed by atoms with Crippen LogP contribution in [-0.4, -0.2) is 17.9 Å². The molecule has 0 heterocycles. The second-order valence-electron chi connectivity index (χ2n) is 6.06. The SMILES string of the molecule is C=COC(=O)CC(C)C(C)C(CC(=O)OC=C)C(C)CC(=O)OC=C. The smallest absolute Gasteiger partial charge is 0.310 e. The van der Waals surface area contributed by atoms with Crippen LogP contribution < -0.4 is 0 Å². The lowest BCUT2D eigenvalue weighted by Crippen LogP contribution is -2.30. The summed E-state index contributed by atoms with van der Waals surface area (Å²) in [5.41, 5.74) is 0. The Kier molecular flexibility index (Phi) is 10.9. The molecule has 0 aliphatic carbocycles. The maximum Gasteiger partial charge on any atom is 0.310 e. The number of carbonyl (C=O) groups excluding carboxylic acids is 3. The predicted octanol–water partition coefficient (Wildman–Crippen LogP) is 3.74. The predicted molar refractivity (Wildman–Crippen MR) is 93.7 cm³/mol. The van der Waals surface area contributed by atoms with Crippen molar-refractivity contribution in [3.05, 3.63) is 38.5 Å². The summed E-state index contributed by atoms with van der Waals surface area (Å²) >= 11 is 0. The van der Waals surface area contributed by atoms with Crippen molar-refractivity contribution < 1.29 is 28.6 Å². The monoisotopic (exact) mass is 352 g/mol. The third-order valence-corrected chi connectivity index (χ3v) is 4.33. The molecule has 0 aliphatic rings. The zero-order valence-electron chi connectivity index (χ0n) is 15.2. The lowest BCUT2D eigenvalue weighted by Gasteiger charge is -2.32. The number of rotatable bonds is 12. The molecule has 0 radical (unpaired) electrons. The molecule has 0 N–H and O–H groups in total. The van der Waals surface area contributed by atoms with Crippen molar-refractivity contribution in [2.75, 3.05) is 0 Å². The first-order valence-electron chi connectivity index (χ1n) is 8.17. The summed E-state index contributed by atoms with van der Waals surface area (Å²) in [4.78, 5) is 35.3. The molecule has 0 aromatic carbocycles. The molecule has 0 amide bonds. The van der Waals surface area contributed by atoms with E-state index in [2.05, 4.69) is 19.7 Å². The quantitative estimate of drug-likeness (QED) is 0.302. The standard InChI is InChI=1S/C19H28O6/c1-7-23-17(20)10-13(4)15(6)16(12-19(22)25-9-3)14(5)11-18(21)24-8-2/h7-9,13-16H,1-3,10-12H2,4-6H3. The Morgan fingerprint density at radius 3 is 1.48 bits per heavy atom.